The highest BCUT2D eigenvalue weighted by molar-refractivity contribution is 7.21. The number of hydrogen-bond acceptors (Lipinski definition) is 3. The van der Waals surface area contributed by atoms with Crippen LogP contribution >= 0.6 is 8.61 Å². The third-order valence-electron chi connectivity index (χ3n) is 1.75. The standard InChI is InChI=1S/C8H9N2O4P/c11-7(12)5-10-4-2-1-3-6(8(10)13)9-15-14/h1-3H,4-5H2,(H,9,14)(H,11,12)/p+1. The number of nitrogens with one attached hydrogen (secondary N) is 1. The zero-order chi connectivity index (χ0) is 11.3. The van der Waals surface area contributed by atoms with Crippen molar-refractivity contribution in [3.8, 4) is 0 Å². The maximum absolute atomic E-state index is 11.6. The number of nitrogens with zero attached hydrogens (tertiary/aromatic N) is 1. The Bertz CT molecular complexity index is 351. The fourth-order valence-corrected chi connectivity index (χ4v) is 1.43. The van der Waals surface area contributed by atoms with E-state index in [1.807, 2.05) is 0 Å². The van der Waals surface area contributed by atoms with Gasteiger partial charge in [-0.25, -0.2) is 0 Å². The highest BCUT2D eigenvalue weighted by Gasteiger charge is 2.22. The molecule has 0 aliphatic carbocycles. The Labute approximate surface area is 87.5 Å². The van der Waals surface area contributed by atoms with Gasteiger partial charge in [0.05, 0.1) is 0 Å². The molecule has 0 spiro atoms. The van der Waals surface area contributed by atoms with Gasteiger partial charge in [-0.15, -0.1) is 0 Å². The molecule has 2 N–H and O–H groups in total. The normalized spacial score (nSPS) is 16.1. The Morgan fingerprint density at radius 1 is 1.67 bits per heavy atom. The summed E-state index contributed by atoms with van der Waals surface area (Å²) in [4.78, 5) is 23.2. The van der Waals surface area contributed by atoms with Crippen LogP contribution in [0.15, 0.2) is 23.9 Å². The van der Waals surface area contributed by atoms with Crippen LogP contribution in [0.5, 0.6) is 0 Å². The second-order valence-electron chi connectivity index (χ2n) is 2.81. The topological polar surface area (TPSA) is 86.7 Å². The van der Waals surface area contributed by atoms with E-state index in [1.54, 1.807) is 12.2 Å². The summed E-state index contributed by atoms with van der Waals surface area (Å²) in [6.07, 6.45) is 4.74. The van der Waals surface area contributed by atoms with Gasteiger partial charge < -0.3 is 10.0 Å². The Morgan fingerprint density at radius 2 is 2.40 bits per heavy atom. The lowest BCUT2D eigenvalue weighted by Gasteiger charge is -2.17. The number of carboxylic acids is 1. The first-order chi connectivity index (χ1) is 7.15. The molecule has 1 heterocycles. The highest BCUT2D eigenvalue weighted by Crippen LogP contribution is 2.06. The molecule has 0 fully saturated rings. The van der Waals surface area contributed by atoms with E-state index < -0.39 is 20.5 Å². The van der Waals surface area contributed by atoms with Crippen LogP contribution in [0.2, 0.25) is 0 Å². The first kappa shape index (κ1) is 11.4. The van der Waals surface area contributed by atoms with E-state index in [4.69, 9.17) is 5.11 Å². The average Bonchev–Trinajstić information content (AvgIpc) is 2.33. The molecule has 1 atom stereocenters. The van der Waals surface area contributed by atoms with Crippen LogP contribution in [0, 0.1) is 0 Å². The molecule has 80 valence electrons. The fourth-order valence-electron chi connectivity index (χ4n) is 1.13. The molecule has 1 aliphatic rings. The largest absolute Gasteiger partial charge is 0.480 e. The molecule has 15 heavy (non-hydrogen) atoms. The van der Waals surface area contributed by atoms with Crippen molar-refractivity contribution in [2.75, 3.05) is 13.1 Å². The van der Waals surface area contributed by atoms with Crippen LogP contribution in [-0.4, -0.2) is 35.0 Å². The summed E-state index contributed by atoms with van der Waals surface area (Å²) in [6, 6.07) is 0. The second kappa shape index (κ2) is 5.26. The summed E-state index contributed by atoms with van der Waals surface area (Å²) < 4.78 is 10.3. The van der Waals surface area contributed by atoms with Crippen molar-refractivity contribution < 1.29 is 19.3 Å². The van der Waals surface area contributed by atoms with E-state index in [0.29, 0.717) is 0 Å². The highest BCUT2D eigenvalue weighted by atomic mass is 31.1. The van der Waals surface area contributed by atoms with Crippen LogP contribution in [-0.2, 0) is 14.2 Å². The van der Waals surface area contributed by atoms with E-state index in [2.05, 4.69) is 5.09 Å². The first-order valence-electron chi connectivity index (χ1n) is 4.16. The maximum Gasteiger partial charge on any atom is 0.445 e. The third kappa shape index (κ3) is 3.18. The molecule has 0 saturated carbocycles. The lowest BCUT2D eigenvalue weighted by molar-refractivity contribution is -0.142. The number of amides is 1. The minimum atomic E-state index is -1.08. The van der Waals surface area contributed by atoms with Crippen molar-refractivity contribution in [2.24, 2.45) is 0 Å². The minimum Gasteiger partial charge on any atom is -0.480 e. The summed E-state index contributed by atoms with van der Waals surface area (Å²) >= 11 is 0. The SMILES string of the molecule is O=[PH+]NC1=CC=CCN(CC(=O)O)C1=O. The molecule has 7 heteroatoms. The van der Waals surface area contributed by atoms with Gasteiger partial charge in [0.2, 0.25) is 0 Å². The summed E-state index contributed by atoms with van der Waals surface area (Å²) in [5.74, 6) is -1.55. The number of aliphatic carboxylic acids is 1. The smallest absolute Gasteiger partial charge is 0.445 e. The molecule has 6 nitrogen and oxygen atoms in total. The molecule has 1 aliphatic heterocycles. The van der Waals surface area contributed by atoms with Gasteiger partial charge in [0.25, 0.3) is 5.91 Å². The van der Waals surface area contributed by atoms with E-state index in [1.165, 1.54) is 6.08 Å². The van der Waals surface area contributed by atoms with Crippen LogP contribution in [0.25, 0.3) is 0 Å². The Hall–Kier alpha value is -1.68. The van der Waals surface area contributed by atoms with Crippen LogP contribution in [0.3, 0.4) is 0 Å². The fraction of sp³-hybridized carbons (Fsp3) is 0.250. The average molecular weight is 229 g/mol. The first-order valence-corrected chi connectivity index (χ1v) is 5.07. The number of carbonyl (C=O) groups is 2. The molecule has 0 radical (unpaired) electrons. The molecule has 1 amide bonds. The van der Waals surface area contributed by atoms with Gasteiger partial charge in [0.15, 0.2) is 0 Å². The third-order valence-corrected chi connectivity index (χ3v) is 2.13. The predicted molar refractivity (Wildman–Crippen MR) is 53.6 cm³/mol. The van der Waals surface area contributed by atoms with Gasteiger partial charge >= 0.3 is 14.6 Å². The molecule has 0 bridgehead atoms. The zero-order valence-corrected chi connectivity index (χ0v) is 8.77. The molecular weight excluding hydrogens is 219 g/mol. The van der Waals surface area contributed by atoms with Gasteiger partial charge in [-0.05, 0) is 10.6 Å². The van der Waals surface area contributed by atoms with Crippen molar-refractivity contribution in [3.63, 3.8) is 0 Å². The molecule has 0 saturated heterocycles. The van der Waals surface area contributed by atoms with Gasteiger partial charge in [0, 0.05) is 6.54 Å². The number of carboxylic acid groups (broad SMARTS) is 1. The van der Waals surface area contributed by atoms with Crippen LogP contribution < -0.4 is 5.09 Å². The van der Waals surface area contributed by atoms with Gasteiger partial charge in [-0.2, -0.15) is 5.09 Å². The van der Waals surface area contributed by atoms with Gasteiger partial charge in [-0.3, -0.25) is 9.59 Å². The molecule has 0 aromatic carbocycles. The van der Waals surface area contributed by atoms with Crippen molar-refractivity contribution in [2.45, 2.75) is 0 Å². The number of rotatable bonds is 4. The number of hydrogen-bond donors (Lipinski definition) is 2. The second-order valence-corrected chi connectivity index (χ2v) is 3.27. The number of carbonyl (C=O) groups excluding carboxylic acids is 1. The lowest BCUT2D eigenvalue weighted by Crippen LogP contribution is -2.37. The molecule has 1 unspecified atom stereocenters. The number of allylic oxidation sites excluding steroid dienone is 2. The summed E-state index contributed by atoms with van der Waals surface area (Å²) in [7, 11) is -0.840. The molecule has 0 aromatic rings. The van der Waals surface area contributed by atoms with Crippen molar-refractivity contribution in [1.82, 2.24) is 9.99 Å². The van der Waals surface area contributed by atoms with E-state index in [0.717, 1.165) is 4.90 Å². The van der Waals surface area contributed by atoms with Crippen molar-refractivity contribution >= 4 is 20.5 Å². The van der Waals surface area contributed by atoms with Crippen LogP contribution in [0.4, 0.5) is 0 Å². The predicted octanol–water partition coefficient (Wildman–Crippen LogP) is -0.118. The monoisotopic (exact) mass is 229 g/mol. The van der Waals surface area contributed by atoms with Crippen molar-refractivity contribution in [1.29, 1.82) is 0 Å². The summed E-state index contributed by atoms with van der Waals surface area (Å²) in [6.45, 7) is -0.140. The lowest BCUT2D eigenvalue weighted by atomic mass is 10.3. The van der Waals surface area contributed by atoms with Crippen molar-refractivity contribution in [3.05, 3.63) is 23.9 Å². The quantitative estimate of drug-likeness (QED) is 0.656. The van der Waals surface area contributed by atoms with E-state index in [-0.39, 0.29) is 18.8 Å². The van der Waals surface area contributed by atoms with E-state index in [9.17, 15) is 14.2 Å². The summed E-state index contributed by atoms with van der Waals surface area (Å²) in [5.41, 5.74) is 0.137. The minimum absolute atomic E-state index is 0.137. The van der Waals surface area contributed by atoms with E-state index >= 15 is 0 Å². The van der Waals surface area contributed by atoms with Gasteiger partial charge in [0.1, 0.15) is 12.2 Å². The zero-order valence-electron chi connectivity index (χ0n) is 7.77. The van der Waals surface area contributed by atoms with Gasteiger partial charge in [-0.1, -0.05) is 12.2 Å². The Kier molecular flexibility index (Phi) is 4.00. The molecule has 0 aromatic heterocycles. The maximum atomic E-state index is 11.6. The molecular formula is C8H10N2O4P+. The molecule has 1 rings (SSSR count). The van der Waals surface area contributed by atoms with Crippen LogP contribution in [0.1, 0.15) is 0 Å². The summed E-state index contributed by atoms with van der Waals surface area (Å²) in [5, 5.41) is 10.9. The Morgan fingerprint density at radius 3 is 3.00 bits per heavy atom. The Balaban J connectivity index is 2.80.